The number of amides is 1. The number of hydrogen-bond acceptors (Lipinski definition) is 4. The van der Waals surface area contributed by atoms with Gasteiger partial charge in [-0.3, -0.25) is 9.69 Å². The summed E-state index contributed by atoms with van der Waals surface area (Å²) in [5, 5.41) is 4.92. The van der Waals surface area contributed by atoms with Crippen molar-refractivity contribution in [1.82, 2.24) is 4.90 Å². The highest BCUT2D eigenvalue weighted by Gasteiger charge is 2.33. The monoisotopic (exact) mass is 454 g/mol. The fourth-order valence-electron chi connectivity index (χ4n) is 4.96. The first-order valence-corrected chi connectivity index (χ1v) is 12.4. The maximum atomic E-state index is 12.9. The Labute approximate surface area is 192 Å². The number of furan rings is 1. The van der Waals surface area contributed by atoms with Crippen molar-refractivity contribution in [1.29, 1.82) is 0 Å². The van der Waals surface area contributed by atoms with Crippen molar-refractivity contribution < 1.29 is 9.21 Å². The molecule has 0 spiro atoms. The Bertz CT molecular complexity index is 1050. The van der Waals surface area contributed by atoms with Gasteiger partial charge < -0.3 is 9.73 Å². The van der Waals surface area contributed by atoms with Crippen LogP contribution in [0.5, 0.6) is 0 Å². The second kappa shape index (κ2) is 9.19. The number of nitrogens with one attached hydrogen (secondary N) is 1. The molecule has 1 aliphatic carbocycles. The minimum Gasteiger partial charge on any atom is -0.459 e. The lowest BCUT2D eigenvalue weighted by atomic mass is 9.88. The van der Waals surface area contributed by atoms with Crippen molar-refractivity contribution >= 4 is 33.8 Å². The standard InChI is InChI=1S/C25H27ClN2O2S/c26-18-9-6-8-17(16-18)23(28-13-4-1-5-14-28)22-19-10-2-3-12-21(19)31-25(22)27-24(29)20-11-7-15-30-20/h6-9,11,15-16,23H,1-5,10,12-14H2,(H,27,29). The molecule has 5 rings (SSSR count). The Balaban J connectivity index is 1.62. The molecule has 1 atom stereocenters. The minimum absolute atomic E-state index is 0.101. The highest BCUT2D eigenvalue weighted by atomic mass is 35.5. The molecule has 3 heterocycles. The highest BCUT2D eigenvalue weighted by Crippen LogP contribution is 2.46. The quantitative estimate of drug-likeness (QED) is 0.466. The maximum Gasteiger partial charge on any atom is 0.291 e. The number of carbonyl (C=O) groups excluding carboxylic acids is 1. The molecule has 1 amide bonds. The Kier molecular flexibility index (Phi) is 6.17. The molecule has 0 bridgehead atoms. The molecule has 31 heavy (non-hydrogen) atoms. The van der Waals surface area contributed by atoms with Crippen LogP contribution in [-0.2, 0) is 12.8 Å². The van der Waals surface area contributed by atoms with E-state index in [0.29, 0.717) is 5.76 Å². The van der Waals surface area contributed by atoms with Crippen molar-refractivity contribution in [2.75, 3.05) is 18.4 Å². The van der Waals surface area contributed by atoms with Gasteiger partial charge in [-0.1, -0.05) is 30.2 Å². The van der Waals surface area contributed by atoms with E-state index in [4.69, 9.17) is 16.0 Å². The molecule has 0 saturated carbocycles. The third-order valence-corrected chi connectivity index (χ3v) is 7.84. The number of benzene rings is 1. The van der Waals surface area contributed by atoms with E-state index in [1.807, 2.05) is 12.1 Å². The number of hydrogen-bond donors (Lipinski definition) is 1. The van der Waals surface area contributed by atoms with Gasteiger partial charge in [0, 0.05) is 15.5 Å². The molecule has 6 heteroatoms. The minimum atomic E-state index is -0.187. The van der Waals surface area contributed by atoms with Crippen molar-refractivity contribution in [3.63, 3.8) is 0 Å². The second-order valence-electron chi connectivity index (χ2n) is 8.44. The van der Waals surface area contributed by atoms with Gasteiger partial charge in [-0.15, -0.1) is 11.3 Å². The zero-order valence-corrected chi connectivity index (χ0v) is 19.1. The van der Waals surface area contributed by atoms with Gasteiger partial charge in [0.05, 0.1) is 12.3 Å². The molecule has 1 fully saturated rings. The summed E-state index contributed by atoms with van der Waals surface area (Å²) in [6.07, 6.45) is 9.80. The van der Waals surface area contributed by atoms with Crippen molar-refractivity contribution in [2.24, 2.45) is 0 Å². The summed E-state index contributed by atoms with van der Waals surface area (Å²) < 4.78 is 5.35. The molecule has 1 saturated heterocycles. The fourth-order valence-corrected chi connectivity index (χ4v) is 6.47. The number of thiophene rings is 1. The third kappa shape index (κ3) is 4.32. The van der Waals surface area contributed by atoms with Gasteiger partial charge in [-0.25, -0.2) is 0 Å². The highest BCUT2D eigenvalue weighted by molar-refractivity contribution is 7.16. The number of carbonyl (C=O) groups is 1. The van der Waals surface area contributed by atoms with Crippen LogP contribution >= 0.6 is 22.9 Å². The SMILES string of the molecule is O=C(Nc1sc2c(c1C(c1cccc(Cl)c1)N1CCCCC1)CCCC2)c1ccco1. The van der Waals surface area contributed by atoms with Crippen LogP contribution in [0.4, 0.5) is 5.00 Å². The lowest BCUT2D eigenvalue weighted by molar-refractivity contribution is 0.0996. The van der Waals surface area contributed by atoms with Gasteiger partial charge in [0.1, 0.15) is 5.00 Å². The van der Waals surface area contributed by atoms with Crippen LogP contribution in [0.25, 0.3) is 0 Å². The number of fused-ring (bicyclic) bond motifs is 1. The number of halogens is 1. The smallest absolute Gasteiger partial charge is 0.291 e. The van der Waals surface area contributed by atoms with Crippen LogP contribution in [0.3, 0.4) is 0 Å². The molecule has 0 radical (unpaired) electrons. The van der Waals surface area contributed by atoms with Crippen LogP contribution in [0.1, 0.15) is 70.3 Å². The maximum absolute atomic E-state index is 12.9. The van der Waals surface area contributed by atoms with E-state index in [2.05, 4.69) is 22.3 Å². The summed E-state index contributed by atoms with van der Waals surface area (Å²) in [7, 11) is 0. The van der Waals surface area contributed by atoms with Gasteiger partial charge in [0.25, 0.3) is 5.91 Å². The van der Waals surface area contributed by atoms with Gasteiger partial charge >= 0.3 is 0 Å². The Morgan fingerprint density at radius 3 is 2.68 bits per heavy atom. The van der Waals surface area contributed by atoms with E-state index in [1.54, 1.807) is 23.5 Å². The van der Waals surface area contributed by atoms with Crippen molar-refractivity contribution in [3.8, 4) is 0 Å². The first kappa shape index (κ1) is 20.8. The summed E-state index contributed by atoms with van der Waals surface area (Å²) in [4.78, 5) is 16.9. The molecule has 3 aromatic rings. The van der Waals surface area contributed by atoms with Gasteiger partial charge in [0.2, 0.25) is 0 Å². The van der Waals surface area contributed by atoms with E-state index in [9.17, 15) is 4.79 Å². The van der Waals surface area contributed by atoms with Gasteiger partial charge in [-0.05, 0) is 87.0 Å². The number of rotatable bonds is 5. The van der Waals surface area contributed by atoms with Crippen molar-refractivity contribution in [3.05, 3.63) is 75.0 Å². The number of nitrogens with zero attached hydrogens (tertiary/aromatic N) is 1. The Morgan fingerprint density at radius 1 is 1.06 bits per heavy atom. The van der Waals surface area contributed by atoms with E-state index in [1.165, 1.54) is 59.9 Å². The average Bonchev–Trinajstić information content (AvgIpc) is 3.44. The van der Waals surface area contributed by atoms with E-state index in [-0.39, 0.29) is 11.9 Å². The van der Waals surface area contributed by atoms with Crippen molar-refractivity contribution in [2.45, 2.75) is 51.0 Å². The molecule has 162 valence electrons. The zero-order chi connectivity index (χ0) is 21.2. The summed E-state index contributed by atoms with van der Waals surface area (Å²) in [6.45, 7) is 2.13. The van der Waals surface area contributed by atoms with Crippen LogP contribution in [0, 0.1) is 0 Å². The lowest BCUT2D eigenvalue weighted by Gasteiger charge is -2.36. The van der Waals surface area contributed by atoms with Gasteiger partial charge in [-0.2, -0.15) is 0 Å². The molecule has 1 N–H and O–H groups in total. The summed E-state index contributed by atoms with van der Waals surface area (Å²) in [6, 6.07) is 11.8. The Morgan fingerprint density at radius 2 is 1.90 bits per heavy atom. The van der Waals surface area contributed by atoms with Crippen LogP contribution in [0.15, 0.2) is 47.1 Å². The molecule has 1 unspecified atom stereocenters. The first-order valence-electron chi connectivity index (χ1n) is 11.2. The third-order valence-electron chi connectivity index (χ3n) is 6.38. The fraction of sp³-hybridized carbons (Fsp3) is 0.400. The largest absolute Gasteiger partial charge is 0.459 e. The van der Waals surface area contributed by atoms with E-state index >= 15 is 0 Å². The zero-order valence-electron chi connectivity index (χ0n) is 17.5. The first-order chi connectivity index (χ1) is 15.2. The number of likely N-dealkylation sites (tertiary alicyclic amines) is 1. The lowest BCUT2D eigenvalue weighted by Crippen LogP contribution is -2.35. The molecule has 1 aromatic carbocycles. The predicted octanol–water partition coefficient (Wildman–Crippen LogP) is 6.70. The Hall–Kier alpha value is -2.08. The predicted molar refractivity (Wildman–Crippen MR) is 126 cm³/mol. The number of anilines is 1. The van der Waals surface area contributed by atoms with Crippen LogP contribution in [0.2, 0.25) is 5.02 Å². The average molecular weight is 455 g/mol. The molecule has 1 aliphatic heterocycles. The summed E-state index contributed by atoms with van der Waals surface area (Å²) in [5.74, 6) is 0.155. The molecule has 4 nitrogen and oxygen atoms in total. The van der Waals surface area contributed by atoms with Crippen LogP contribution in [-0.4, -0.2) is 23.9 Å². The summed E-state index contributed by atoms with van der Waals surface area (Å²) in [5.41, 5.74) is 3.90. The van der Waals surface area contributed by atoms with E-state index < -0.39 is 0 Å². The summed E-state index contributed by atoms with van der Waals surface area (Å²) >= 11 is 8.17. The topological polar surface area (TPSA) is 45.5 Å². The molecule has 2 aromatic heterocycles. The van der Waals surface area contributed by atoms with Gasteiger partial charge in [0.15, 0.2) is 5.76 Å². The van der Waals surface area contributed by atoms with Crippen LogP contribution < -0.4 is 5.32 Å². The number of piperidine rings is 1. The molecular formula is C25H27ClN2O2S. The normalized spacial score (nSPS) is 17.8. The second-order valence-corrected chi connectivity index (χ2v) is 9.98. The molecule has 2 aliphatic rings. The molecular weight excluding hydrogens is 428 g/mol. The van der Waals surface area contributed by atoms with E-state index in [0.717, 1.165) is 36.0 Å². The number of aryl methyl sites for hydroxylation is 1.